The first-order valence-electron chi connectivity index (χ1n) is 6.63. The van der Waals surface area contributed by atoms with Gasteiger partial charge in [-0.05, 0) is 43.2 Å². The van der Waals surface area contributed by atoms with Crippen molar-refractivity contribution in [3.05, 3.63) is 34.3 Å². The number of anilines is 1. The first-order chi connectivity index (χ1) is 9.56. The lowest BCUT2D eigenvalue weighted by Crippen LogP contribution is -2.30. The molecule has 20 heavy (non-hydrogen) atoms. The van der Waals surface area contributed by atoms with Gasteiger partial charge in [0.2, 0.25) is 0 Å². The molecule has 1 aliphatic heterocycles. The number of hydrogen-bond donors (Lipinski definition) is 1. The molecule has 5 heteroatoms. The highest BCUT2D eigenvalue weighted by molar-refractivity contribution is 9.10. The number of ether oxygens (including phenoxy) is 1. The summed E-state index contributed by atoms with van der Waals surface area (Å²) in [6, 6.07) is 5.93. The maximum absolute atomic E-state index is 10.7. The fraction of sp³-hybridized carbons (Fsp3) is 0.400. The van der Waals surface area contributed by atoms with Gasteiger partial charge in [0.1, 0.15) is 0 Å². The molecule has 0 spiro atoms. The molecule has 0 aliphatic carbocycles. The molecule has 0 bridgehead atoms. The van der Waals surface area contributed by atoms with E-state index in [4.69, 9.17) is 9.84 Å². The highest BCUT2D eigenvalue weighted by Gasteiger charge is 2.17. The van der Waals surface area contributed by atoms with E-state index < -0.39 is 5.97 Å². The van der Waals surface area contributed by atoms with Crippen LogP contribution in [0.3, 0.4) is 0 Å². The van der Waals surface area contributed by atoms with Crippen molar-refractivity contribution in [3.8, 4) is 0 Å². The molecule has 108 valence electrons. The Morgan fingerprint density at radius 1 is 1.55 bits per heavy atom. The Kier molecular flexibility index (Phi) is 5.20. The molecule has 1 N–H and O–H groups in total. The summed E-state index contributed by atoms with van der Waals surface area (Å²) in [5.41, 5.74) is 1.94. The van der Waals surface area contributed by atoms with Crippen LogP contribution in [0.15, 0.2) is 28.7 Å². The van der Waals surface area contributed by atoms with Crippen molar-refractivity contribution in [2.45, 2.75) is 19.4 Å². The van der Waals surface area contributed by atoms with Crippen molar-refractivity contribution in [1.29, 1.82) is 0 Å². The molecule has 1 aromatic rings. The van der Waals surface area contributed by atoms with Crippen molar-refractivity contribution >= 4 is 33.7 Å². The monoisotopic (exact) mass is 339 g/mol. The van der Waals surface area contributed by atoms with Crippen LogP contribution in [0, 0.1) is 0 Å². The number of aliphatic carboxylic acids is 1. The lowest BCUT2D eigenvalue weighted by atomic mass is 10.1. The van der Waals surface area contributed by atoms with Crippen LogP contribution >= 0.6 is 15.9 Å². The zero-order chi connectivity index (χ0) is 14.5. The Labute approximate surface area is 127 Å². The predicted octanol–water partition coefficient (Wildman–Crippen LogP) is 3.16. The van der Waals surface area contributed by atoms with Gasteiger partial charge in [-0.25, -0.2) is 4.79 Å². The number of halogens is 1. The van der Waals surface area contributed by atoms with Crippen LogP contribution in [-0.4, -0.2) is 36.9 Å². The van der Waals surface area contributed by atoms with Gasteiger partial charge in [-0.2, -0.15) is 0 Å². The van der Waals surface area contributed by atoms with E-state index >= 15 is 0 Å². The molecule has 4 nitrogen and oxygen atoms in total. The summed E-state index contributed by atoms with van der Waals surface area (Å²) in [6.45, 7) is 4.56. The second-order valence-corrected chi connectivity index (χ2v) is 5.77. The summed E-state index contributed by atoms with van der Waals surface area (Å²) in [6.07, 6.45) is 3.96. The summed E-state index contributed by atoms with van der Waals surface area (Å²) >= 11 is 3.43. The molecule has 1 heterocycles. The maximum atomic E-state index is 10.7. The molecule has 0 amide bonds. The maximum Gasteiger partial charge on any atom is 0.328 e. The largest absolute Gasteiger partial charge is 0.478 e. The van der Waals surface area contributed by atoms with Crippen molar-refractivity contribution in [1.82, 2.24) is 0 Å². The van der Waals surface area contributed by atoms with Crippen LogP contribution in [0.2, 0.25) is 0 Å². The number of carboxylic acids is 1. The fourth-order valence-electron chi connectivity index (χ4n) is 2.32. The van der Waals surface area contributed by atoms with Gasteiger partial charge in [-0.1, -0.05) is 15.9 Å². The highest BCUT2D eigenvalue weighted by Crippen LogP contribution is 2.27. The number of hydrogen-bond acceptors (Lipinski definition) is 3. The molecular formula is C15H18BrNO3. The quantitative estimate of drug-likeness (QED) is 0.859. The molecule has 1 fully saturated rings. The second-order valence-electron chi connectivity index (χ2n) is 4.86. The third-order valence-electron chi connectivity index (χ3n) is 3.19. The average Bonchev–Trinajstić information content (AvgIpc) is 2.61. The number of benzene rings is 1. The van der Waals surface area contributed by atoms with E-state index in [1.54, 1.807) is 6.08 Å². The van der Waals surface area contributed by atoms with E-state index in [0.29, 0.717) is 0 Å². The van der Waals surface area contributed by atoms with E-state index in [2.05, 4.69) is 27.8 Å². The lowest BCUT2D eigenvalue weighted by Gasteiger charge is -2.26. The third-order valence-corrected chi connectivity index (χ3v) is 3.68. The first kappa shape index (κ1) is 15.1. The molecule has 1 atom stereocenters. The van der Waals surface area contributed by atoms with Crippen LogP contribution in [0.1, 0.15) is 18.9 Å². The van der Waals surface area contributed by atoms with Gasteiger partial charge in [-0.3, -0.25) is 0 Å². The van der Waals surface area contributed by atoms with E-state index in [9.17, 15) is 4.79 Å². The van der Waals surface area contributed by atoms with Gasteiger partial charge in [0, 0.05) is 35.9 Å². The molecule has 1 unspecified atom stereocenters. The molecule has 1 aromatic carbocycles. The zero-order valence-corrected chi connectivity index (χ0v) is 13.0. The van der Waals surface area contributed by atoms with Crippen LogP contribution in [0.25, 0.3) is 6.08 Å². The Hall–Kier alpha value is -1.33. The minimum absolute atomic E-state index is 0.178. The van der Waals surface area contributed by atoms with E-state index in [-0.39, 0.29) is 6.10 Å². The summed E-state index contributed by atoms with van der Waals surface area (Å²) in [4.78, 5) is 13.0. The zero-order valence-electron chi connectivity index (χ0n) is 11.4. The van der Waals surface area contributed by atoms with E-state index in [1.807, 2.05) is 18.2 Å². The third kappa shape index (κ3) is 4.08. The SMILES string of the molecule is CC1CN(c2ccc(Br)cc2/C=C/C(=O)O)CCCO1. The van der Waals surface area contributed by atoms with Gasteiger partial charge in [0.05, 0.1) is 6.10 Å². The van der Waals surface area contributed by atoms with Gasteiger partial charge in [-0.15, -0.1) is 0 Å². The van der Waals surface area contributed by atoms with Crippen LogP contribution < -0.4 is 4.90 Å². The van der Waals surface area contributed by atoms with Crippen molar-refractivity contribution in [2.24, 2.45) is 0 Å². The Bertz CT molecular complexity index is 516. The fourth-order valence-corrected chi connectivity index (χ4v) is 2.70. The Morgan fingerprint density at radius 2 is 2.35 bits per heavy atom. The van der Waals surface area contributed by atoms with Crippen molar-refractivity contribution in [3.63, 3.8) is 0 Å². The normalized spacial score (nSPS) is 20.1. The Balaban J connectivity index is 2.31. The lowest BCUT2D eigenvalue weighted by molar-refractivity contribution is -0.131. The van der Waals surface area contributed by atoms with Crippen LogP contribution in [-0.2, 0) is 9.53 Å². The molecule has 0 aromatic heterocycles. The van der Waals surface area contributed by atoms with E-state index in [1.165, 1.54) is 6.08 Å². The predicted molar refractivity (Wildman–Crippen MR) is 83.1 cm³/mol. The standard InChI is InChI=1S/C15H18BrNO3/c1-11-10-17(7-2-8-20-11)14-5-4-13(16)9-12(14)3-6-15(18)19/h3-6,9,11H,2,7-8,10H2,1H3,(H,18,19)/b6-3+. The highest BCUT2D eigenvalue weighted by atomic mass is 79.9. The summed E-state index contributed by atoms with van der Waals surface area (Å²) in [7, 11) is 0. The summed E-state index contributed by atoms with van der Waals surface area (Å²) in [5.74, 6) is -0.941. The second kappa shape index (κ2) is 6.90. The molecule has 0 saturated carbocycles. The minimum Gasteiger partial charge on any atom is -0.478 e. The van der Waals surface area contributed by atoms with Gasteiger partial charge >= 0.3 is 5.97 Å². The van der Waals surface area contributed by atoms with Gasteiger partial charge in [0.15, 0.2) is 0 Å². The number of nitrogens with zero attached hydrogens (tertiary/aromatic N) is 1. The van der Waals surface area contributed by atoms with Gasteiger partial charge < -0.3 is 14.7 Å². The van der Waals surface area contributed by atoms with Crippen molar-refractivity contribution < 1.29 is 14.6 Å². The minimum atomic E-state index is -0.941. The molecule has 1 saturated heterocycles. The molecule has 0 radical (unpaired) electrons. The number of carboxylic acid groups (broad SMARTS) is 1. The molecular weight excluding hydrogens is 322 g/mol. The average molecular weight is 340 g/mol. The van der Waals surface area contributed by atoms with Crippen LogP contribution in [0.5, 0.6) is 0 Å². The van der Waals surface area contributed by atoms with Gasteiger partial charge in [0.25, 0.3) is 0 Å². The number of carbonyl (C=O) groups is 1. The summed E-state index contributed by atoms with van der Waals surface area (Å²) < 4.78 is 6.59. The van der Waals surface area contributed by atoms with Crippen molar-refractivity contribution in [2.75, 3.05) is 24.6 Å². The first-order valence-corrected chi connectivity index (χ1v) is 7.42. The smallest absolute Gasteiger partial charge is 0.328 e. The molecule has 2 rings (SSSR count). The van der Waals surface area contributed by atoms with Crippen LogP contribution in [0.4, 0.5) is 5.69 Å². The Morgan fingerprint density at radius 3 is 3.10 bits per heavy atom. The topological polar surface area (TPSA) is 49.8 Å². The van der Waals surface area contributed by atoms with E-state index in [0.717, 1.165) is 41.8 Å². The summed E-state index contributed by atoms with van der Waals surface area (Å²) in [5, 5.41) is 8.80. The molecule has 1 aliphatic rings. The number of rotatable bonds is 3.